The lowest BCUT2D eigenvalue weighted by Gasteiger charge is -2.12. The lowest BCUT2D eigenvalue weighted by atomic mass is 10.1. The van der Waals surface area contributed by atoms with E-state index in [0.717, 1.165) is 4.90 Å². The van der Waals surface area contributed by atoms with Gasteiger partial charge in [0, 0.05) is 13.1 Å². The van der Waals surface area contributed by atoms with Gasteiger partial charge in [0.1, 0.15) is 10.6 Å². The van der Waals surface area contributed by atoms with E-state index in [1.807, 2.05) is 0 Å². The first-order valence-corrected chi connectivity index (χ1v) is 5.42. The summed E-state index contributed by atoms with van der Waals surface area (Å²) in [6.07, 6.45) is 0. The molecule has 1 N–H and O–H groups in total. The highest BCUT2D eigenvalue weighted by molar-refractivity contribution is 6.33. The van der Waals surface area contributed by atoms with E-state index in [1.54, 1.807) is 0 Å². The first-order chi connectivity index (χ1) is 8.52. The molecule has 2 rings (SSSR count). The van der Waals surface area contributed by atoms with Crippen LogP contribution in [0.2, 0.25) is 5.02 Å². The fourth-order valence-electron chi connectivity index (χ4n) is 1.68. The Balaban J connectivity index is 2.45. The van der Waals surface area contributed by atoms with Gasteiger partial charge in [0.25, 0.3) is 5.91 Å². The number of hydrogen-bond acceptors (Lipinski definition) is 4. The summed E-state index contributed by atoms with van der Waals surface area (Å²) in [6.45, 7) is 0.514. The van der Waals surface area contributed by atoms with Gasteiger partial charge >= 0.3 is 11.7 Å². The lowest BCUT2D eigenvalue weighted by Crippen LogP contribution is -2.34. The molecule has 0 spiro atoms. The van der Waals surface area contributed by atoms with Gasteiger partial charge < -0.3 is 5.32 Å². The fraction of sp³-hybridized carbons (Fsp3) is 0.200. The number of urea groups is 1. The molecule has 8 heteroatoms. The van der Waals surface area contributed by atoms with Gasteiger partial charge in [0.05, 0.1) is 4.92 Å². The fourth-order valence-corrected chi connectivity index (χ4v) is 1.93. The van der Waals surface area contributed by atoms with Crippen LogP contribution in [-0.4, -0.2) is 34.9 Å². The Bertz CT molecular complexity index is 546. The van der Waals surface area contributed by atoms with Crippen molar-refractivity contribution in [1.29, 1.82) is 0 Å². The van der Waals surface area contributed by atoms with Crippen molar-refractivity contribution in [3.05, 3.63) is 38.9 Å². The third-order valence-corrected chi connectivity index (χ3v) is 2.81. The molecule has 0 bridgehead atoms. The molecule has 3 amide bonds. The number of para-hydroxylation sites is 1. The second kappa shape index (κ2) is 4.61. The maximum Gasteiger partial charge on any atom is 0.324 e. The van der Waals surface area contributed by atoms with Crippen molar-refractivity contribution in [1.82, 2.24) is 10.2 Å². The summed E-state index contributed by atoms with van der Waals surface area (Å²) >= 11 is 5.70. The highest BCUT2D eigenvalue weighted by Gasteiger charge is 2.32. The van der Waals surface area contributed by atoms with Crippen LogP contribution in [0.25, 0.3) is 0 Å². The zero-order chi connectivity index (χ0) is 13.3. The molecule has 18 heavy (non-hydrogen) atoms. The van der Waals surface area contributed by atoms with Gasteiger partial charge in [-0.05, 0) is 12.1 Å². The van der Waals surface area contributed by atoms with Gasteiger partial charge in [-0.2, -0.15) is 0 Å². The molecule has 1 aliphatic rings. The first-order valence-electron chi connectivity index (χ1n) is 5.05. The summed E-state index contributed by atoms with van der Waals surface area (Å²) in [6, 6.07) is 3.46. The number of carbonyl (C=O) groups is 2. The highest BCUT2D eigenvalue weighted by atomic mass is 35.5. The molecule has 1 aromatic rings. The second-order valence-electron chi connectivity index (χ2n) is 3.58. The molecule has 1 saturated heterocycles. The van der Waals surface area contributed by atoms with Crippen LogP contribution in [0, 0.1) is 10.1 Å². The first kappa shape index (κ1) is 12.3. The largest absolute Gasteiger partial charge is 0.336 e. The van der Waals surface area contributed by atoms with Crippen LogP contribution in [0.5, 0.6) is 0 Å². The van der Waals surface area contributed by atoms with Crippen LogP contribution >= 0.6 is 11.6 Å². The number of carbonyl (C=O) groups excluding carboxylic acids is 2. The molecule has 1 aromatic carbocycles. The molecule has 94 valence electrons. The van der Waals surface area contributed by atoms with Gasteiger partial charge in [-0.15, -0.1) is 0 Å². The molecule has 1 fully saturated rings. The molecule has 0 unspecified atom stereocenters. The van der Waals surface area contributed by atoms with Gasteiger partial charge in [-0.25, -0.2) is 4.79 Å². The number of nitro benzene ring substituents is 1. The third kappa shape index (κ3) is 2.00. The number of nitro groups is 1. The SMILES string of the molecule is O=C1NCCN1C(=O)c1cccc(Cl)c1[N+](=O)[O-]. The van der Waals surface area contributed by atoms with Crippen molar-refractivity contribution in [2.45, 2.75) is 0 Å². The minimum atomic E-state index is -0.733. The quantitative estimate of drug-likeness (QED) is 0.649. The number of halogens is 1. The van der Waals surface area contributed by atoms with E-state index in [-0.39, 0.29) is 17.1 Å². The average molecular weight is 270 g/mol. The number of nitrogens with zero attached hydrogens (tertiary/aromatic N) is 2. The normalized spacial score (nSPS) is 14.5. The van der Waals surface area contributed by atoms with Crippen LogP contribution in [-0.2, 0) is 0 Å². The van der Waals surface area contributed by atoms with E-state index in [2.05, 4.69) is 5.32 Å². The Kier molecular flexibility index (Phi) is 3.15. The summed E-state index contributed by atoms with van der Waals surface area (Å²) in [5, 5.41) is 13.2. The van der Waals surface area contributed by atoms with E-state index in [9.17, 15) is 19.7 Å². The topological polar surface area (TPSA) is 92.6 Å². The standard InChI is InChI=1S/C10H8ClN3O4/c11-7-3-1-2-6(8(7)14(17)18)9(15)13-5-4-12-10(13)16/h1-3H,4-5H2,(H,12,16). The molecular weight excluding hydrogens is 262 g/mol. The predicted molar refractivity (Wildman–Crippen MR) is 62.5 cm³/mol. The summed E-state index contributed by atoms with van der Waals surface area (Å²) in [5.41, 5.74) is -0.673. The molecule has 1 aliphatic heterocycles. The Labute approximate surface area is 106 Å². The van der Waals surface area contributed by atoms with Gasteiger partial charge in [-0.1, -0.05) is 17.7 Å². The highest BCUT2D eigenvalue weighted by Crippen LogP contribution is 2.29. The van der Waals surface area contributed by atoms with Crippen LogP contribution in [0.15, 0.2) is 18.2 Å². The monoisotopic (exact) mass is 269 g/mol. The van der Waals surface area contributed by atoms with E-state index >= 15 is 0 Å². The molecule has 0 atom stereocenters. The zero-order valence-corrected chi connectivity index (χ0v) is 9.81. The molecule has 0 radical (unpaired) electrons. The molecule has 7 nitrogen and oxygen atoms in total. The third-order valence-electron chi connectivity index (χ3n) is 2.50. The van der Waals surface area contributed by atoms with Crippen LogP contribution < -0.4 is 5.32 Å². The minimum Gasteiger partial charge on any atom is -0.336 e. The van der Waals surface area contributed by atoms with E-state index in [1.165, 1.54) is 18.2 Å². The minimum absolute atomic E-state index is 0.134. The van der Waals surface area contributed by atoms with Gasteiger partial charge in [0.2, 0.25) is 0 Å². The molecule has 0 aliphatic carbocycles. The maximum absolute atomic E-state index is 12.0. The molecule has 0 saturated carbocycles. The van der Waals surface area contributed by atoms with Crippen molar-refractivity contribution in [3.63, 3.8) is 0 Å². The molecular formula is C10H8ClN3O4. The van der Waals surface area contributed by atoms with E-state index < -0.39 is 22.5 Å². The predicted octanol–water partition coefficient (Wildman–Crippen LogP) is 1.41. The lowest BCUT2D eigenvalue weighted by molar-refractivity contribution is -0.385. The molecule has 0 aromatic heterocycles. The van der Waals surface area contributed by atoms with Crippen molar-refractivity contribution < 1.29 is 14.5 Å². The summed E-state index contributed by atoms with van der Waals surface area (Å²) in [4.78, 5) is 34.5. The van der Waals surface area contributed by atoms with E-state index in [0.29, 0.717) is 6.54 Å². The summed E-state index contributed by atoms with van der Waals surface area (Å²) in [5.74, 6) is -0.723. The number of benzene rings is 1. The van der Waals surface area contributed by atoms with Crippen molar-refractivity contribution in [2.75, 3.05) is 13.1 Å². The number of imide groups is 1. The second-order valence-corrected chi connectivity index (χ2v) is 3.99. The summed E-state index contributed by atoms with van der Waals surface area (Å²) < 4.78 is 0. The van der Waals surface area contributed by atoms with Crippen LogP contribution in [0.3, 0.4) is 0 Å². The van der Waals surface area contributed by atoms with Crippen molar-refractivity contribution in [2.24, 2.45) is 0 Å². The Morgan fingerprint density at radius 3 is 2.78 bits per heavy atom. The summed E-state index contributed by atoms with van der Waals surface area (Å²) in [7, 11) is 0. The van der Waals surface area contributed by atoms with Crippen molar-refractivity contribution >= 4 is 29.2 Å². The van der Waals surface area contributed by atoms with Gasteiger partial charge in [0.15, 0.2) is 0 Å². The molecule has 1 heterocycles. The Morgan fingerprint density at radius 1 is 1.50 bits per heavy atom. The number of amides is 3. The number of rotatable bonds is 2. The number of nitrogens with one attached hydrogen (secondary N) is 1. The van der Waals surface area contributed by atoms with E-state index in [4.69, 9.17) is 11.6 Å². The number of hydrogen-bond donors (Lipinski definition) is 1. The smallest absolute Gasteiger partial charge is 0.324 e. The van der Waals surface area contributed by atoms with Crippen LogP contribution in [0.4, 0.5) is 10.5 Å². The van der Waals surface area contributed by atoms with Gasteiger partial charge in [-0.3, -0.25) is 19.8 Å². The zero-order valence-electron chi connectivity index (χ0n) is 9.05. The van der Waals surface area contributed by atoms with Crippen molar-refractivity contribution in [3.8, 4) is 0 Å². The Hall–Kier alpha value is -2.15. The maximum atomic E-state index is 12.0. The van der Waals surface area contributed by atoms with Crippen LogP contribution in [0.1, 0.15) is 10.4 Å². The average Bonchev–Trinajstić information content (AvgIpc) is 2.73. The Morgan fingerprint density at radius 2 is 2.22 bits per heavy atom.